The van der Waals surface area contributed by atoms with E-state index in [1.807, 2.05) is 0 Å². The highest BCUT2D eigenvalue weighted by atomic mass is 15.2. The molecule has 46 heavy (non-hydrogen) atoms. The molecule has 0 radical (unpaired) electrons. The maximum Gasteiger partial charge on any atom is 0.0463 e. The van der Waals surface area contributed by atoms with Gasteiger partial charge in [0, 0.05) is 34.1 Å². The first kappa shape index (κ1) is 28.6. The van der Waals surface area contributed by atoms with Crippen molar-refractivity contribution in [2.24, 2.45) is 0 Å². The first-order valence-electron chi connectivity index (χ1n) is 15.6. The average molecular weight is 591 g/mol. The van der Waals surface area contributed by atoms with E-state index in [1.165, 1.54) is 16.7 Å². The van der Waals surface area contributed by atoms with Crippen molar-refractivity contribution in [3.63, 3.8) is 0 Å². The van der Waals surface area contributed by atoms with Crippen LogP contribution in [0.2, 0.25) is 0 Å². The molecule has 0 aliphatic heterocycles. The number of rotatable bonds is 9. The molecule has 7 aromatic rings. The van der Waals surface area contributed by atoms with Gasteiger partial charge in [-0.25, -0.2) is 0 Å². The van der Waals surface area contributed by atoms with Crippen molar-refractivity contribution in [3.05, 3.63) is 217 Å². The predicted octanol–water partition coefficient (Wildman–Crippen LogP) is 12.2. The Bertz CT molecular complexity index is 1910. The highest BCUT2D eigenvalue weighted by molar-refractivity contribution is 5.92. The van der Waals surface area contributed by atoms with Crippen LogP contribution < -0.4 is 9.80 Å². The van der Waals surface area contributed by atoms with E-state index >= 15 is 0 Å². The van der Waals surface area contributed by atoms with Crippen molar-refractivity contribution in [2.75, 3.05) is 9.80 Å². The molecule has 7 aromatic carbocycles. The van der Waals surface area contributed by atoms with Crippen LogP contribution in [0.3, 0.4) is 0 Å². The predicted molar refractivity (Wildman–Crippen MR) is 196 cm³/mol. The summed E-state index contributed by atoms with van der Waals surface area (Å²) in [5.74, 6) is 0. The molecule has 0 saturated carbocycles. The molecule has 2 nitrogen and oxygen atoms in total. The lowest BCUT2D eigenvalue weighted by atomic mass is 9.95. The molecule has 0 bridgehead atoms. The Labute approximate surface area is 271 Å². The van der Waals surface area contributed by atoms with Crippen molar-refractivity contribution < 1.29 is 0 Å². The van der Waals surface area contributed by atoms with Crippen molar-refractivity contribution in [2.45, 2.75) is 0 Å². The second-order valence-electron chi connectivity index (χ2n) is 11.1. The smallest absolute Gasteiger partial charge is 0.0463 e. The lowest BCUT2D eigenvalue weighted by Gasteiger charge is -2.28. The lowest BCUT2D eigenvalue weighted by molar-refractivity contribution is 1.25. The molecule has 0 aromatic heterocycles. The van der Waals surface area contributed by atoms with Gasteiger partial charge in [0.1, 0.15) is 0 Å². The van der Waals surface area contributed by atoms with Crippen molar-refractivity contribution in [1.82, 2.24) is 0 Å². The minimum atomic E-state index is 1.09. The highest BCUT2D eigenvalue weighted by Gasteiger charge is 2.16. The fraction of sp³-hybridized carbons (Fsp3) is 0. The normalized spacial score (nSPS) is 10.6. The van der Waals surface area contributed by atoms with Crippen molar-refractivity contribution >= 4 is 45.8 Å². The van der Waals surface area contributed by atoms with Gasteiger partial charge in [-0.15, -0.1) is 0 Å². The van der Waals surface area contributed by atoms with Crippen LogP contribution in [-0.2, 0) is 0 Å². The van der Waals surface area contributed by atoms with Crippen LogP contribution in [0.25, 0.3) is 11.6 Å². The zero-order valence-electron chi connectivity index (χ0n) is 25.5. The second kappa shape index (κ2) is 13.7. The molecule has 220 valence electrons. The Hall–Kier alpha value is -6.12. The van der Waals surface area contributed by atoms with Crippen LogP contribution in [0.15, 0.2) is 200 Å². The SMILES string of the molecule is C(=C(c1ccccc1)c1ccccc1)c1ccc(N(c2ccccc2)c2ccc(N(c3ccccc3)c3ccccc3)cc2)cc1. The van der Waals surface area contributed by atoms with E-state index in [0.717, 1.165) is 39.7 Å². The number of anilines is 6. The number of hydrogen-bond donors (Lipinski definition) is 0. The van der Waals surface area contributed by atoms with Crippen LogP contribution >= 0.6 is 0 Å². The number of nitrogens with zero attached hydrogens (tertiary/aromatic N) is 2. The van der Waals surface area contributed by atoms with E-state index in [1.54, 1.807) is 0 Å². The highest BCUT2D eigenvalue weighted by Crippen LogP contribution is 2.39. The van der Waals surface area contributed by atoms with Gasteiger partial charge in [0.15, 0.2) is 0 Å². The Balaban J connectivity index is 1.25. The standard InChI is InChI=1S/C44H34N2/c1-6-16-36(17-7-1)44(37-18-8-2-9-19-37)34-35-26-28-41(29-27-35)46(40-24-14-5-15-25-40)43-32-30-42(31-33-43)45(38-20-10-3-11-21-38)39-22-12-4-13-23-39/h1-34H. The average Bonchev–Trinajstić information content (AvgIpc) is 3.14. The van der Waals surface area contributed by atoms with Crippen LogP contribution in [0.4, 0.5) is 34.1 Å². The molecule has 0 spiro atoms. The molecule has 0 saturated heterocycles. The summed E-state index contributed by atoms with van der Waals surface area (Å²) in [6.45, 7) is 0. The molecule has 0 amide bonds. The summed E-state index contributed by atoms with van der Waals surface area (Å²) < 4.78 is 0. The third-order valence-corrected chi connectivity index (χ3v) is 8.04. The molecule has 0 unspecified atom stereocenters. The topological polar surface area (TPSA) is 6.48 Å². The number of benzene rings is 7. The third-order valence-electron chi connectivity index (χ3n) is 8.04. The molecule has 0 atom stereocenters. The summed E-state index contributed by atoms with van der Waals surface area (Å²) in [6.07, 6.45) is 2.28. The van der Waals surface area contributed by atoms with E-state index in [9.17, 15) is 0 Å². The van der Waals surface area contributed by atoms with Crippen molar-refractivity contribution in [3.8, 4) is 0 Å². The Kier molecular flexibility index (Phi) is 8.51. The van der Waals surface area contributed by atoms with E-state index in [0.29, 0.717) is 0 Å². The summed E-state index contributed by atoms with van der Waals surface area (Å²) in [5, 5.41) is 0. The van der Waals surface area contributed by atoms with Crippen molar-refractivity contribution in [1.29, 1.82) is 0 Å². The third kappa shape index (κ3) is 6.38. The van der Waals surface area contributed by atoms with Gasteiger partial charge in [0.2, 0.25) is 0 Å². The number of hydrogen-bond acceptors (Lipinski definition) is 2. The Morgan fingerprint density at radius 1 is 0.283 bits per heavy atom. The van der Waals surface area contributed by atoms with Gasteiger partial charge in [0.25, 0.3) is 0 Å². The first-order valence-corrected chi connectivity index (χ1v) is 15.6. The van der Waals surface area contributed by atoms with Crippen LogP contribution in [-0.4, -0.2) is 0 Å². The molecular weight excluding hydrogens is 556 g/mol. The summed E-state index contributed by atoms with van der Waals surface area (Å²) >= 11 is 0. The summed E-state index contributed by atoms with van der Waals surface area (Å²) in [6, 6.07) is 70.4. The molecule has 0 N–H and O–H groups in total. The van der Waals surface area contributed by atoms with Crippen LogP contribution in [0.5, 0.6) is 0 Å². The largest absolute Gasteiger partial charge is 0.311 e. The van der Waals surface area contributed by atoms with Gasteiger partial charge < -0.3 is 9.80 Å². The quantitative estimate of drug-likeness (QED) is 0.154. The van der Waals surface area contributed by atoms with E-state index < -0.39 is 0 Å². The molecule has 0 heterocycles. The minimum absolute atomic E-state index is 1.09. The number of para-hydroxylation sites is 3. The zero-order valence-corrected chi connectivity index (χ0v) is 25.5. The molecule has 7 rings (SSSR count). The van der Waals surface area contributed by atoms with Gasteiger partial charge >= 0.3 is 0 Å². The Morgan fingerprint density at radius 3 is 0.870 bits per heavy atom. The molecular formula is C44H34N2. The van der Waals surface area contributed by atoms with E-state index in [2.05, 4.69) is 216 Å². The molecule has 0 fully saturated rings. The maximum absolute atomic E-state index is 2.31. The Morgan fingerprint density at radius 2 is 0.543 bits per heavy atom. The van der Waals surface area contributed by atoms with Gasteiger partial charge in [-0.2, -0.15) is 0 Å². The van der Waals surface area contributed by atoms with E-state index in [-0.39, 0.29) is 0 Å². The zero-order chi connectivity index (χ0) is 31.0. The maximum atomic E-state index is 2.31. The fourth-order valence-electron chi connectivity index (χ4n) is 5.83. The van der Waals surface area contributed by atoms with E-state index in [4.69, 9.17) is 0 Å². The van der Waals surface area contributed by atoms with Crippen LogP contribution in [0.1, 0.15) is 16.7 Å². The monoisotopic (exact) mass is 590 g/mol. The first-order chi connectivity index (χ1) is 22.8. The fourth-order valence-corrected chi connectivity index (χ4v) is 5.83. The van der Waals surface area contributed by atoms with Gasteiger partial charge in [-0.05, 0) is 101 Å². The lowest BCUT2D eigenvalue weighted by Crippen LogP contribution is -2.12. The van der Waals surface area contributed by atoms with Gasteiger partial charge in [0.05, 0.1) is 0 Å². The molecule has 0 aliphatic rings. The summed E-state index contributed by atoms with van der Waals surface area (Å²) in [4.78, 5) is 4.59. The summed E-state index contributed by atoms with van der Waals surface area (Å²) in [7, 11) is 0. The second-order valence-corrected chi connectivity index (χ2v) is 11.1. The van der Waals surface area contributed by atoms with Gasteiger partial charge in [-0.1, -0.05) is 127 Å². The minimum Gasteiger partial charge on any atom is -0.311 e. The van der Waals surface area contributed by atoms with Crippen LogP contribution in [0, 0.1) is 0 Å². The molecule has 0 aliphatic carbocycles. The van der Waals surface area contributed by atoms with Gasteiger partial charge in [-0.3, -0.25) is 0 Å². The summed E-state index contributed by atoms with van der Waals surface area (Å²) in [5.41, 5.74) is 11.4. The molecule has 2 heteroatoms.